The van der Waals surface area contributed by atoms with Crippen molar-refractivity contribution in [3.8, 4) is 0 Å². The SMILES string of the molecule is C=CC(C)C(OC(=O)[C@H](NC(=O)OC(C)(C)C)C(C)(C)O)c1ccccc1. The summed E-state index contributed by atoms with van der Waals surface area (Å²) in [6.07, 6.45) is 0.284. The first-order chi connectivity index (χ1) is 12.3. The van der Waals surface area contributed by atoms with Crippen molar-refractivity contribution in [1.82, 2.24) is 5.32 Å². The summed E-state index contributed by atoms with van der Waals surface area (Å²) in [5.41, 5.74) is -1.49. The number of hydrogen-bond donors (Lipinski definition) is 2. The predicted octanol–water partition coefficient (Wildman–Crippen LogP) is 3.76. The van der Waals surface area contributed by atoms with Gasteiger partial charge >= 0.3 is 12.1 Å². The number of carbonyl (C=O) groups is 2. The summed E-state index contributed by atoms with van der Waals surface area (Å²) in [5, 5.41) is 12.8. The Labute approximate surface area is 161 Å². The van der Waals surface area contributed by atoms with Crippen molar-refractivity contribution in [3.05, 3.63) is 48.6 Å². The van der Waals surface area contributed by atoms with E-state index in [1.165, 1.54) is 13.8 Å². The largest absolute Gasteiger partial charge is 0.455 e. The lowest BCUT2D eigenvalue weighted by Crippen LogP contribution is -2.55. The second kappa shape index (κ2) is 9.04. The molecule has 0 saturated heterocycles. The number of carbonyl (C=O) groups excluding carboxylic acids is 2. The highest BCUT2D eigenvalue weighted by Crippen LogP contribution is 2.28. The van der Waals surface area contributed by atoms with Crippen LogP contribution in [0.25, 0.3) is 0 Å². The molecule has 150 valence electrons. The Morgan fingerprint density at radius 2 is 1.70 bits per heavy atom. The average molecular weight is 377 g/mol. The molecule has 1 rings (SSSR count). The van der Waals surface area contributed by atoms with E-state index in [0.29, 0.717) is 0 Å². The zero-order chi connectivity index (χ0) is 20.8. The van der Waals surface area contributed by atoms with Gasteiger partial charge in [-0.25, -0.2) is 9.59 Å². The van der Waals surface area contributed by atoms with Crippen LogP contribution in [0, 0.1) is 5.92 Å². The Balaban J connectivity index is 3.03. The summed E-state index contributed by atoms with van der Waals surface area (Å²) in [6, 6.07) is 7.95. The first-order valence-corrected chi connectivity index (χ1v) is 8.95. The third-order valence-corrected chi connectivity index (χ3v) is 3.82. The number of amides is 1. The summed E-state index contributed by atoms with van der Waals surface area (Å²) in [7, 11) is 0. The van der Waals surface area contributed by atoms with E-state index in [9.17, 15) is 14.7 Å². The minimum Gasteiger partial charge on any atom is -0.455 e. The lowest BCUT2D eigenvalue weighted by atomic mass is 9.96. The highest BCUT2D eigenvalue weighted by molar-refractivity contribution is 5.83. The van der Waals surface area contributed by atoms with Crippen LogP contribution in [0.1, 0.15) is 53.2 Å². The minimum atomic E-state index is -1.55. The molecule has 2 N–H and O–H groups in total. The molecule has 6 nitrogen and oxygen atoms in total. The van der Waals surface area contributed by atoms with E-state index in [2.05, 4.69) is 11.9 Å². The summed E-state index contributed by atoms with van der Waals surface area (Å²) in [5.74, 6) is -0.920. The first-order valence-electron chi connectivity index (χ1n) is 8.95. The average Bonchev–Trinajstić information content (AvgIpc) is 2.55. The van der Waals surface area contributed by atoms with Crippen LogP contribution in [0.5, 0.6) is 0 Å². The van der Waals surface area contributed by atoms with Crippen molar-refractivity contribution >= 4 is 12.1 Å². The molecule has 0 saturated carbocycles. The quantitative estimate of drug-likeness (QED) is 0.558. The van der Waals surface area contributed by atoms with Gasteiger partial charge in [-0.1, -0.05) is 43.3 Å². The maximum atomic E-state index is 12.8. The molecule has 0 heterocycles. The Kier molecular flexibility index (Phi) is 7.60. The third-order valence-electron chi connectivity index (χ3n) is 3.82. The summed E-state index contributed by atoms with van der Waals surface area (Å²) in [6.45, 7) is 13.6. The van der Waals surface area contributed by atoms with Crippen LogP contribution in [-0.2, 0) is 14.3 Å². The van der Waals surface area contributed by atoms with E-state index in [0.717, 1.165) is 5.56 Å². The number of benzene rings is 1. The maximum absolute atomic E-state index is 12.8. The van der Waals surface area contributed by atoms with Gasteiger partial charge in [0.25, 0.3) is 0 Å². The van der Waals surface area contributed by atoms with E-state index in [-0.39, 0.29) is 5.92 Å². The van der Waals surface area contributed by atoms with E-state index in [4.69, 9.17) is 9.47 Å². The monoisotopic (exact) mass is 377 g/mol. The van der Waals surface area contributed by atoms with E-state index in [1.807, 2.05) is 37.3 Å². The topological polar surface area (TPSA) is 84.9 Å². The number of esters is 1. The molecule has 0 aliphatic carbocycles. The molecule has 0 fully saturated rings. The van der Waals surface area contributed by atoms with Crippen molar-refractivity contribution in [1.29, 1.82) is 0 Å². The molecular weight excluding hydrogens is 346 g/mol. The Hall–Kier alpha value is -2.34. The van der Waals surface area contributed by atoms with Crippen LogP contribution in [0.15, 0.2) is 43.0 Å². The van der Waals surface area contributed by atoms with Gasteiger partial charge in [-0.3, -0.25) is 0 Å². The van der Waals surface area contributed by atoms with Gasteiger partial charge in [0.2, 0.25) is 0 Å². The maximum Gasteiger partial charge on any atom is 0.408 e. The van der Waals surface area contributed by atoms with Crippen LogP contribution in [0.4, 0.5) is 4.79 Å². The zero-order valence-electron chi connectivity index (χ0n) is 17.0. The van der Waals surface area contributed by atoms with Crippen LogP contribution in [-0.4, -0.2) is 34.4 Å². The lowest BCUT2D eigenvalue weighted by molar-refractivity contribution is -0.160. The van der Waals surface area contributed by atoms with Crippen LogP contribution in [0.3, 0.4) is 0 Å². The van der Waals surface area contributed by atoms with Gasteiger partial charge in [-0.05, 0) is 40.2 Å². The lowest BCUT2D eigenvalue weighted by Gasteiger charge is -2.32. The molecule has 0 aliphatic rings. The fourth-order valence-electron chi connectivity index (χ4n) is 2.39. The molecule has 6 heteroatoms. The van der Waals surface area contributed by atoms with Gasteiger partial charge in [-0.15, -0.1) is 6.58 Å². The third kappa shape index (κ3) is 7.43. The van der Waals surface area contributed by atoms with Gasteiger partial charge in [-0.2, -0.15) is 0 Å². The zero-order valence-corrected chi connectivity index (χ0v) is 17.0. The Bertz CT molecular complexity index is 643. The van der Waals surface area contributed by atoms with Crippen molar-refractivity contribution in [3.63, 3.8) is 0 Å². The van der Waals surface area contributed by atoms with Gasteiger partial charge in [0.15, 0.2) is 6.04 Å². The van der Waals surface area contributed by atoms with Gasteiger partial charge < -0.3 is 19.9 Å². The molecule has 1 amide bonds. The highest BCUT2D eigenvalue weighted by atomic mass is 16.6. The molecule has 1 aromatic rings. The number of rotatable bonds is 7. The fraction of sp³-hybridized carbons (Fsp3) is 0.524. The summed E-state index contributed by atoms with van der Waals surface area (Å²) < 4.78 is 10.9. The van der Waals surface area contributed by atoms with E-state index in [1.54, 1.807) is 26.8 Å². The van der Waals surface area contributed by atoms with Crippen LogP contribution >= 0.6 is 0 Å². The first kappa shape index (κ1) is 22.7. The predicted molar refractivity (Wildman–Crippen MR) is 104 cm³/mol. The molecular formula is C21H31NO5. The number of aliphatic hydroxyl groups is 1. The normalized spacial score (nSPS) is 15.2. The van der Waals surface area contributed by atoms with Crippen molar-refractivity contribution < 1.29 is 24.2 Å². The smallest absolute Gasteiger partial charge is 0.408 e. The fourth-order valence-corrected chi connectivity index (χ4v) is 2.39. The molecule has 27 heavy (non-hydrogen) atoms. The van der Waals surface area contributed by atoms with Crippen molar-refractivity contribution in [2.75, 3.05) is 0 Å². The van der Waals surface area contributed by atoms with Gasteiger partial charge in [0.05, 0.1) is 5.60 Å². The van der Waals surface area contributed by atoms with Crippen molar-refractivity contribution in [2.24, 2.45) is 5.92 Å². The number of ether oxygens (including phenoxy) is 2. The molecule has 3 atom stereocenters. The van der Waals surface area contributed by atoms with E-state index >= 15 is 0 Å². The molecule has 0 aliphatic heterocycles. The number of hydrogen-bond acceptors (Lipinski definition) is 5. The number of alkyl carbamates (subject to hydrolysis) is 1. The van der Waals surface area contributed by atoms with Crippen LogP contribution < -0.4 is 5.32 Å². The minimum absolute atomic E-state index is 0.166. The molecule has 2 unspecified atom stereocenters. The molecule has 0 aromatic heterocycles. The highest BCUT2D eigenvalue weighted by Gasteiger charge is 2.39. The Morgan fingerprint density at radius 3 is 2.15 bits per heavy atom. The van der Waals surface area contributed by atoms with Crippen molar-refractivity contribution in [2.45, 2.75) is 64.9 Å². The molecule has 1 aromatic carbocycles. The van der Waals surface area contributed by atoms with Crippen LogP contribution in [0.2, 0.25) is 0 Å². The molecule has 0 radical (unpaired) electrons. The second-order valence-corrected chi connectivity index (χ2v) is 8.10. The molecule has 0 bridgehead atoms. The van der Waals surface area contributed by atoms with Gasteiger partial charge in [0.1, 0.15) is 11.7 Å². The van der Waals surface area contributed by atoms with E-state index < -0.39 is 35.4 Å². The number of nitrogens with one attached hydrogen (secondary N) is 1. The second-order valence-electron chi connectivity index (χ2n) is 8.10. The standard InChI is InChI=1S/C21H31NO5/c1-8-14(2)16(15-12-10-9-11-13-15)26-18(23)17(21(6,7)25)22-19(24)27-20(3,4)5/h8-14,16-17,25H,1H2,2-7H3,(H,22,24)/t14?,16?,17-/m0/s1. The molecule has 0 spiro atoms. The Morgan fingerprint density at radius 1 is 1.15 bits per heavy atom. The van der Waals surface area contributed by atoms with Gasteiger partial charge in [0, 0.05) is 5.92 Å². The summed E-state index contributed by atoms with van der Waals surface area (Å²) >= 11 is 0. The summed E-state index contributed by atoms with van der Waals surface area (Å²) in [4.78, 5) is 24.9.